The molecule has 0 spiro atoms. The van der Waals surface area contributed by atoms with E-state index < -0.39 is 0 Å². The predicted octanol–water partition coefficient (Wildman–Crippen LogP) is 3.96. The molecule has 0 amide bonds. The number of para-hydroxylation sites is 1. The molecule has 0 fully saturated rings. The number of nitrogens with one attached hydrogen (secondary N) is 1. The summed E-state index contributed by atoms with van der Waals surface area (Å²) in [5.41, 5.74) is 5.39. The second-order valence-corrected chi connectivity index (χ2v) is 6.35. The number of aromatic nitrogens is 1. The van der Waals surface area contributed by atoms with Crippen LogP contribution >= 0.6 is 11.6 Å². The molecule has 0 saturated heterocycles. The Morgan fingerprint density at radius 1 is 1.13 bits per heavy atom. The van der Waals surface area contributed by atoms with Gasteiger partial charge in [0.1, 0.15) is 5.15 Å². The molecule has 1 aliphatic carbocycles. The van der Waals surface area contributed by atoms with E-state index >= 15 is 0 Å². The van der Waals surface area contributed by atoms with Crippen molar-refractivity contribution < 1.29 is 5.11 Å². The summed E-state index contributed by atoms with van der Waals surface area (Å²) in [4.78, 5) is 4.46. The molecular weight excluding hydrogens is 308 g/mol. The lowest BCUT2D eigenvalue weighted by molar-refractivity contribution is 0.187. The number of hydrogen-bond donors (Lipinski definition) is 2. The second kappa shape index (κ2) is 5.84. The summed E-state index contributed by atoms with van der Waals surface area (Å²) in [5.74, 6) is 0. The number of halogens is 1. The van der Waals surface area contributed by atoms with Crippen LogP contribution in [0.2, 0.25) is 5.15 Å². The van der Waals surface area contributed by atoms with Crippen molar-refractivity contribution in [2.24, 2.45) is 0 Å². The van der Waals surface area contributed by atoms with Gasteiger partial charge in [0.15, 0.2) is 0 Å². The highest BCUT2D eigenvalue weighted by atomic mass is 35.5. The zero-order chi connectivity index (χ0) is 15.8. The van der Waals surface area contributed by atoms with Gasteiger partial charge in [-0.2, -0.15) is 0 Å². The molecule has 3 nitrogen and oxygen atoms in total. The zero-order valence-corrected chi connectivity index (χ0v) is 13.3. The number of pyridine rings is 1. The minimum Gasteiger partial charge on any atom is -0.392 e. The Balaban J connectivity index is 1.61. The Labute approximate surface area is 139 Å². The molecule has 0 aliphatic heterocycles. The third kappa shape index (κ3) is 2.78. The fourth-order valence-corrected chi connectivity index (χ4v) is 3.46. The third-order valence-electron chi connectivity index (χ3n) is 4.39. The van der Waals surface area contributed by atoms with E-state index in [1.165, 1.54) is 11.1 Å². The van der Waals surface area contributed by atoms with Crippen LogP contribution in [0, 0.1) is 0 Å². The van der Waals surface area contributed by atoms with Crippen molar-refractivity contribution in [3.8, 4) is 0 Å². The van der Waals surface area contributed by atoms with E-state index in [2.05, 4.69) is 28.5 Å². The average Bonchev–Trinajstić information content (AvgIpc) is 2.93. The Kier molecular flexibility index (Phi) is 3.68. The zero-order valence-electron chi connectivity index (χ0n) is 12.6. The molecule has 4 heteroatoms. The SMILES string of the molecule is OC1Cc2cccc(NCc3cc4ccccc4nc3Cl)c2C1. The highest BCUT2D eigenvalue weighted by molar-refractivity contribution is 6.30. The molecule has 0 radical (unpaired) electrons. The van der Waals surface area contributed by atoms with Crippen LogP contribution in [0.3, 0.4) is 0 Å². The third-order valence-corrected chi connectivity index (χ3v) is 4.71. The molecule has 2 N–H and O–H groups in total. The molecule has 23 heavy (non-hydrogen) atoms. The molecule has 1 unspecified atom stereocenters. The molecule has 3 aromatic rings. The van der Waals surface area contributed by atoms with Gasteiger partial charge in [-0.25, -0.2) is 4.98 Å². The van der Waals surface area contributed by atoms with Gasteiger partial charge in [-0.3, -0.25) is 0 Å². The minimum absolute atomic E-state index is 0.265. The molecule has 116 valence electrons. The number of aliphatic hydroxyl groups excluding tert-OH is 1. The van der Waals surface area contributed by atoms with Crippen LogP contribution in [0.1, 0.15) is 16.7 Å². The smallest absolute Gasteiger partial charge is 0.134 e. The lowest BCUT2D eigenvalue weighted by Crippen LogP contribution is -2.06. The Bertz CT molecular complexity index is 878. The lowest BCUT2D eigenvalue weighted by atomic mass is 10.1. The summed E-state index contributed by atoms with van der Waals surface area (Å²) in [7, 11) is 0. The van der Waals surface area contributed by atoms with Crippen molar-refractivity contribution in [2.75, 3.05) is 5.32 Å². The van der Waals surface area contributed by atoms with Gasteiger partial charge in [0.25, 0.3) is 0 Å². The van der Waals surface area contributed by atoms with Crippen LogP contribution in [-0.4, -0.2) is 16.2 Å². The summed E-state index contributed by atoms with van der Waals surface area (Å²) in [6.07, 6.45) is 1.18. The average molecular weight is 325 g/mol. The molecule has 2 aromatic carbocycles. The first kappa shape index (κ1) is 14.5. The summed E-state index contributed by atoms with van der Waals surface area (Å²) in [6.45, 7) is 0.614. The number of hydrogen-bond acceptors (Lipinski definition) is 3. The van der Waals surface area contributed by atoms with E-state index in [1.54, 1.807) is 0 Å². The Morgan fingerprint density at radius 3 is 2.91 bits per heavy atom. The van der Waals surface area contributed by atoms with Crippen molar-refractivity contribution in [1.29, 1.82) is 0 Å². The quantitative estimate of drug-likeness (QED) is 0.717. The fourth-order valence-electron chi connectivity index (χ4n) is 3.24. The summed E-state index contributed by atoms with van der Waals surface area (Å²) in [5, 5.41) is 14.9. The summed E-state index contributed by atoms with van der Waals surface area (Å²) in [6, 6.07) is 16.2. The van der Waals surface area contributed by atoms with Gasteiger partial charge in [0.2, 0.25) is 0 Å². The van der Waals surface area contributed by atoms with Gasteiger partial charge in [0, 0.05) is 29.6 Å². The van der Waals surface area contributed by atoms with E-state index in [-0.39, 0.29) is 6.10 Å². The molecule has 0 saturated carbocycles. The van der Waals surface area contributed by atoms with Crippen LogP contribution < -0.4 is 5.32 Å². The molecule has 1 aliphatic rings. The van der Waals surface area contributed by atoms with Crippen molar-refractivity contribution in [1.82, 2.24) is 4.98 Å². The molecule has 1 heterocycles. The first-order valence-corrected chi connectivity index (χ1v) is 8.15. The predicted molar refractivity (Wildman–Crippen MR) is 93.9 cm³/mol. The number of nitrogens with zero attached hydrogens (tertiary/aromatic N) is 1. The monoisotopic (exact) mass is 324 g/mol. The van der Waals surface area contributed by atoms with Crippen LogP contribution in [0.25, 0.3) is 10.9 Å². The summed E-state index contributed by atoms with van der Waals surface area (Å²) < 4.78 is 0. The van der Waals surface area contributed by atoms with E-state index in [4.69, 9.17) is 11.6 Å². The second-order valence-electron chi connectivity index (χ2n) is 5.99. The van der Waals surface area contributed by atoms with Gasteiger partial charge in [-0.15, -0.1) is 0 Å². The van der Waals surface area contributed by atoms with Gasteiger partial charge in [-0.1, -0.05) is 41.9 Å². The van der Waals surface area contributed by atoms with Gasteiger partial charge < -0.3 is 10.4 Å². The van der Waals surface area contributed by atoms with Gasteiger partial charge >= 0.3 is 0 Å². The highest BCUT2D eigenvalue weighted by Crippen LogP contribution is 2.30. The summed E-state index contributed by atoms with van der Waals surface area (Å²) >= 11 is 6.32. The van der Waals surface area contributed by atoms with E-state index in [0.717, 1.165) is 28.6 Å². The Hall–Kier alpha value is -2.10. The number of rotatable bonds is 3. The molecular formula is C19H17ClN2O. The standard InChI is InChI=1S/C19H17ClN2O/c20-19-14(8-13-4-1-2-6-17(13)22-19)11-21-18-7-3-5-12-9-15(23)10-16(12)18/h1-8,15,21,23H,9-11H2. The molecule has 0 bridgehead atoms. The number of anilines is 1. The van der Waals surface area contributed by atoms with Crippen LogP contribution in [0.5, 0.6) is 0 Å². The van der Waals surface area contributed by atoms with E-state index in [9.17, 15) is 5.11 Å². The van der Waals surface area contributed by atoms with E-state index in [0.29, 0.717) is 18.1 Å². The maximum absolute atomic E-state index is 9.86. The molecule has 1 aromatic heterocycles. The Morgan fingerprint density at radius 2 is 2.00 bits per heavy atom. The number of benzene rings is 2. The first-order valence-electron chi connectivity index (χ1n) is 7.77. The van der Waals surface area contributed by atoms with Crippen LogP contribution in [-0.2, 0) is 19.4 Å². The van der Waals surface area contributed by atoms with E-state index in [1.807, 2.05) is 30.3 Å². The van der Waals surface area contributed by atoms with Crippen LogP contribution in [0.4, 0.5) is 5.69 Å². The van der Waals surface area contributed by atoms with Crippen molar-refractivity contribution in [3.63, 3.8) is 0 Å². The maximum atomic E-state index is 9.86. The van der Waals surface area contributed by atoms with Crippen molar-refractivity contribution in [3.05, 3.63) is 70.4 Å². The molecule has 1 atom stereocenters. The van der Waals surface area contributed by atoms with Crippen molar-refractivity contribution >= 4 is 28.2 Å². The molecule has 4 rings (SSSR count). The topological polar surface area (TPSA) is 45.1 Å². The fraction of sp³-hybridized carbons (Fsp3) is 0.211. The largest absolute Gasteiger partial charge is 0.392 e. The van der Waals surface area contributed by atoms with Crippen LogP contribution in [0.15, 0.2) is 48.5 Å². The normalized spacial score (nSPS) is 16.5. The number of fused-ring (bicyclic) bond motifs is 2. The maximum Gasteiger partial charge on any atom is 0.134 e. The first-order chi connectivity index (χ1) is 11.2. The van der Waals surface area contributed by atoms with Gasteiger partial charge in [-0.05, 0) is 35.7 Å². The minimum atomic E-state index is -0.265. The van der Waals surface area contributed by atoms with Gasteiger partial charge in [0.05, 0.1) is 11.6 Å². The van der Waals surface area contributed by atoms with Crippen molar-refractivity contribution in [2.45, 2.75) is 25.5 Å². The lowest BCUT2D eigenvalue weighted by Gasteiger charge is -2.12. The number of aliphatic hydroxyl groups is 1. The highest BCUT2D eigenvalue weighted by Gasteiger charge is 2.21.